The van der Waals surface area contributed by atoms with Crippen molar-refractivity contribution in [1.29, 1.82) is 0 Å². The molecule has 1 aliphatic rings. The molecule has 1 fully saturated rings. The molecule has 0 aromatic heterocycles. The Labute approximate surface area is 186 Å². The molecule has 0 radical (unpaired) electrons. The van der Waals surface area contributed by atoms with Crippen LogP contribution >= 0.6 is 23.2 Å². The van der Waals surface area contributed by atoms with E-state index in [9.17, 15) is 9.59 Å². The molecule has 2 aromatic rings. The third-order valence-corrected chi connectivity index (χ3v) is 5.76. The zero-order chi connectivity index (χ0) is 22.0. The van der Waals surface area contributed by atoms with Gasteiger partial charge < -0.3 is 19.3 Å². The molecule has 8 heteroatoms. The molecule has 3 rings (SSSR count). The molecule has 0 spiro atoms. The first-order chi connectivity index (χ1) is 14.3. The van der Waals surface area contributed by atoms with Gasteiger partial charge in [0.2, 0.25) is 0 Å². The predicted molar refractivity (Wildman–Crippen MR) is 117 cm³/mol. The summed E-state index contributed by atoms with van der Waals surface area (Å²) in [7, 11) is 3.03. The maximum Gasteiger partial charge on any atom is 0.258 e. The molecular formula is C22H24Cl2N2O4. The van der Waals surface area contributed by atoms with E-state index in [0.29, 0.717) is 45.8 Å². The number of hydrogen-bond acceptors (Lipinski definition) is 4. The number of rotatable bonds is 4. The fourth-order valence-corrected chi connectivity index (χ4v) is 4.04. The molecular weight excluding hydrogens is 427 g/mol. The monoisotopic (exact) mass is 450 g/mol. The molecule has 0 aliphatic carbocycles. The third-order valence-electron chi connectivity index (χ3n) is 5.29. The number of hydrogen-bond donors (Lipinski definition) is 0. The molecule has 1 heterocycles. The van der Waals surface area contributed by atoms with Gasteiger partial charge in [0.05, 0.1) is 25.3 Å². The van der Waals surface area contributed by atoms with Gasteiger partial charge in [0.25, 0.3) is 11.8 Å². The van der Waals surface area contributed by atoms with Crippen LogP contribution in [0.4, 0.5) is 0 Å². The van der Waals surface area contributed by atoms with Crippen molar-refractivity contribution in [2.45, 2.75) is 25.9 Å². The molecule has 0 saturated carbocycles. The molecule has 160 valence electrons. The average molecular weight is 451 g/mol. The molecule has 1 aliphatic heterocycles. The SMILES string of the molecule is COc1ccc(Cl)cc1C(=O)N1C[C@H](C)N(C(=O)c2cc(Cl)ccc2OC)C[C@@H]1C. The smallest absolute Gasteiger partial charge is 0.258 e. The van der Waals surface area contributed by atoms with Crippen LogP contribution in [0.2, 0.25) is 10.0 Å². The number of amides is 2. The quantitative estimate of drug-likeness (QED) is 0.692. The molecule has 6 nitrogen and oxygen atoms in total. The molecule has 2 amide bonds. The maximum absolute atomic E-state index is 13.2. The van der Waals surface area contributed by atoms with Crippen LogP contribution in [0.15, 0.2) is 36.4 Å². The van der Waals surface area contributed by atoms with Crippen molar-refractivity contribution in [2.75, 3.05) is 27.3 Å². The molecule has 1 saturated heterocycles. The van der Waals surface area contributed by atoms with Crippen molar-refractivity contribution in [2.24, 2.45) is 0 Å². The largest absolute Gasteiger partial charge is 0.496 e. The van der Waals surface area contributed by atoms with Crippen LogP contribution in [-0.2, 0) is 0 Å². The lowest BCUT2D eigenvalue weighted by Gasteiger charge is -2.44. The molecule has 2 aromatic carbocycles. The van der Waals surface area contributed by atoms with Gasteiger partial charge >= 0.3 is 0 Å². The summed E-state index contributed by atoms with van der Waals surface area (Å²) in [5.41, 5.74) is 0.806. The van der Waals surface area contributed by atoms with E-state index >= 15 is 0 Å². The molecule has 0 unspecified atom stereocenters. The number of halogens is 2. The number of carbonyl (C=O) groups is 2. The Kier molecular flexibility index (Phi) is 6.78. The first-order valence-electron chi connectivity index (χ1n) is 9.55. The minimum atomic E-state index is -0.202. The minimum Gasteiger partial charge on any atom is -0.496 e. The van der Waals surface area contributed by atoms with E-state index in [1.807, 2.05) is 13.8 Å². The van der Waals surface area contributed by atoms with Crippen molar-refractivity contribution < 1.29 is 19.1 Å². The Morgan fingerprint density at radius 3 is 1.50 bits per heavy atom. The van der Waals surface area contributed by atoms with E-state index in [1.54, 1.807) is 46.2 Å². The second kappa shape index (κ2) is 9.14. The average Bonchev–Trinajstić information content (AvgIpc) is 2.74. The van der Waals surface area contributed by atoms with E-state index < -0.39 is 0 Å². The molecule has 2 atom stereocenters. The van der Waals surface area contributed by atoms with Crippen molar-refractivity contribution in [3.8, 4) is 11.5 Å². The van der Waals surface area contributed by atoms with Crippen molar-refractivity contribution >= 4 is 35.0 Å². The van der Waals surface area contributed by atoms with Gasteiger partial charge in [0.15, 0.2) is 0 Å². The highest BCUT2D eigenvalue weighted by molar-refractivity contribution is 6.31. The van der Waals surface area contributed by atoms with Gasteiger partial charge in [-0.15, -0.1) is 0 Å². The Morgan fingerprint density at radius 2 is 1.17 bits per heavy atom. The first kappa shape index (κ1) is 22.2. The van der Waals surface area contributed by atoms with Gasteiger partial charge in [-0.05, 0) is 50.2 Å². The standard InChI is InChI=1S/C22H24Cl2N2O4/c1-13-11-26(22(28)18-10-16(24)6-8-20(18)30-4)14(2)12-25(13)21(27)17-9-15(23)5-7-19(17)29-3/h5-10,13-14H,11-12H2,1-4H3/t13-,14-/m0/s1. The second-order valence-electron chi connectivity index (χ2n) is 7.30. The van der Waals surface area contributed by atoms with E-state index in [2.05, 4.69) is 0 Å². The molecule has 0 bridgehead atoms. The number of methoxy groups -OCH3 is 2. The van der Waals surface area contributed by atoms with Crippen LogP contribution in [0.3, 0.4) is 0 Å². The summed E-state index contributed by atoms with van der Waals surface area (Å²) in [5, 5.41) is 0.920. The van der Waals surface area contributed by atoms with Gasteiger partial charge in [-0.3, -0.25) is 9.59 Å². The van der Waals surface area contributed by atoms with E-state index in [-0.39, 0.29) is 23.9 Å². The summed E-state index contributed by atoms with van der Waals surface area (Å²) in [5.74, 6) is 0.570. The van der Waals surface area contributed by atoms with Gasteiger partial charge in [-0.1, -0.05) is 23.2 Å². The first-order valence-corrected chi connectivity index (χ1v) is 10.3. The highest BCUT2D eigenvalue weighted by Gasteiger charge is 2.36. The Morgan fingerprint density at radius 1 is 0.800 bits per heavy atom. The number of benzene rings is 2. The van der Waals surface area contributed by atoms with Crippen LogP contribution in [0.5, 0.6) is 11.5 Å². The minimum absolute atomic E-state index is 0.180. The van der Waals surface area contributed by atoms with Gasteiger partial charge in [0.1, 0.15) is 11.5 Å². The van der Waals surface area contributed by atoms with Gasteiger partial charge in [-0.25, -0.2) is 0 Å². The third kappa shape index (κ3) is 4.35. The lowest BCUT2D eigenvalue weighted by Crippen LogP contribution is -2.59. The lowest BCUT2D eigenvalue weighted by molar-refractivity contribution is 0.0266. The summed E-state index contributed by atoms with van der Waals surface area (Å²) in [6.07, 6.45) is 0. The topological polar surface area (TPSA) is 59.1 Å². The van der Waals surface area contributed by atoms with Crippen LogP contribution < -0.4 is 9.47 Å². The predicted octanol–water partition coefficient (Wildman–Crippen LogP) is 4.39. The van der Waals surface area contributed by atoms with E-state index in [0.717, 1.165) is 0 Å². The Balaban J connectivity index is 1.84. The van der Waals surface area contributed by atoms with Crippen molar-refractivity contribution in [3.05, 3.63) is 57.6 Å². The van der Waals surface area contributed by atoms with Crippen LogP contribution in [-0.4, -0.2) is 61.0 Å². The number of nitrogens with zero attached hydrogens (tertiary/aromatic N) is 2. The number of piperazine rings is 1. The Hall–Kier alpha value is -2.44. The van der Waals surface area contributed by atoms with E-state index in [1.165, 1.54) is 14.2 Å². The van der Waals surface area contributed by atoms with Crippen LogP contribution in [0.1, 0.15) is 34.6 Å². The second-order valence-corrected chi connectivity index (χ2v) is 8.18. The summed E-state index contributed by atoms with van der Waals surface area (Å²) >= 11 is 12.2. The summed E-state index contributed by atoms with van der Waals surface area (Å²) in [6, 6.07) is 9.52. The zero-order valence-corrected chi connectivity index (χ0v) is 18.8. The Bertz CT molecular complexity index is 889. The fourth-order valence-electron chi connectivity index (χ4n) is 3.70. The summed E-state index contributed by atoms with van der Waals surface area (Å²) in [6.45, 7) is 4.58. The lowest BCUT2D eigenvalue weighted by atomic mass is 10.0. The van der Waals surface area contributed by atoms with Gasteiger partial charge in [0, 0.05) is 35.2 Å². The zero-order valence-electron chi connectivity index (χ0n) is 17.3. The highest BCUT2D eigenvalue weighted by Crippen LogP contribution is 2.29. The van der Waals surface area contributed by atoms with Crippen LogP contribution in [0, 0.1) is 0 Å². The van der Waals surface area contributed by atoms with Crippen molar-refractivity contribution in [1.82, 2.24) is 9.80 Å². The molecule has 30 heavy (non-hydrogen) atoms. The number of ether oxygens (including phenoxy) is 2. The summed E-state index contributed by atoms with van der Waals surface area (Å²) < 4.78 is 10.7. The summed E-state index contributed by atoms with van der Waals surface area (Å²) in [4.78, 5) is 29.9. The van der Waals surface area contributed by atoms with Crippen LogP contribution in [0.25, 0.3) is 0 Å². The fraction of sp³-hybridized carbons (Fsp3) is 0.364. The normalized spacial score (nSPS) is 18.9. The van der Waals surface area contributed by atoms with Crippen molar-refractivity contribution in [3.63, 3.8) is 0 Å². The number of carbonyl (C=O) groups excluding carboxylic acids is 2. The van der Waals surface area contributed by atoms with E-state index in [4.69, 9.17) is 32.7 Å². The highest BCUT2D eigenvalue weighted by atomic mass is 35.5. The molecule has 0 N–H and O–H groups in total. The van der Waals surface area contributed by atoms with Gasteiger partial charge in [-0.2, -0.15) is 0 Å². The maximum atomic E-state index is 13.2.